The summed E-state index contributed by atoms with van der Waals surface area (Å²) in [6, 6.07) is 8.53. The second-order valence-electron chi connectivity index (χ2n) is 11.3. The standard InChI is InChI=1S/C32H35F3N4O7S/c1-4-46-30(41)27-14-20(2)10-12-38(27)29(40)26(16-21-6-5-7-22(15-21)18-36)37-47(43,44)24-9-8-23-11-13-39(31(42)32(33,34)35)28(19-45-3)25(23)17-24/h5-10,15,17,26-28,37H,4,11-14,16,19H2,1-3H3/t26-,27+,28?/m0/s1. The Hall–Kier alpha value is -4.26. The van der Waals surface area contributed by atoms with Crippen molar-refractivity contribution in [3.63, 3.8) is 0 Å². The summed E-state index contributed by atoms with van der Waals surface area (Å²) in [5.74, 6) is -3.42. The minimum atomic E-state index is -5.14. The molecule has 0 bridgehead atoms. The van der Waals surface area contributed by atoms with Crippen molar-refractivity contribution in [2.45, 2.75) is 62.3 Å². The van der Waals surface area contributed by atoms with Crippen LogP contribution in [-0.2, 0) is 46.7 Å². The van der Waals surface area contributed by atoms with Crippen molar-refractivity contribution < 1.29 is 45.4 Å². The van der Waals surface area contributed by atoms with Gasteiger partial charge in [0.1, 0.15) is 12.1 Å². The van der Waals surface area contributed by atoms with E-state index in [2.05, 4.69) is 4.72 Å². The number of methoxy groups -OCH3 is 1. The molecule has 2 heterocycles. The minimum absolute atomic E-state index is 0.0191. The molecule has 2 amide bonds. The van der Waals surface area contributed by atoms with Crippen molar-refractivity contribution in [1.29, 1.82) is 5.26 Å². The molecule has 252 valence electrons. The van der Waals surface area contributed by atoms with Crippen LogP contribution >= 0.6 is 0 Å². The van der Waals surface area contributed by atoms with Crippen molar-refractivity contribution in [2.75, 3.05) is 33.4 Å². The lowest BCUT2D eigenvalue weighted by molar-refractivity contribution is -0.189. The maximum Gasteiger partial charge on any atom is 0.471 e. The summed E-state index contributed by atoms with van der Waals surface area (Å²) in [5, 5.41) is 9.38. The number of rotatable bonds is 10. The van der Waals surface area contributed by atoms with Crippen molar-refractivity contribution in [1.82, 2.24) is 14.5 Å². The van der Waals surface area contributed by atoms with Crippen LogP contribution in [0.2, 0.25) is 0 Å². The molecule has 0 saturated carbocycles. The third kappa shape index (κ3) is 8.19. The number of benzene rings is 2. The molecule has 3 atom stereocenters. The largest absolute Gasteiger partial charge is 0.471 e. The van der Waals surface area contributed by atoms with Crippen LogP contribution in [0.15, 0.2) is 59.0 Å². The van der Waals surface area contributed by atoms with E-state index in [4.69, 9.17) is 9.47 Å². The fraction of sp³-hybridized carbons (Fsp3) is 0.438. The number of hydrogen-bond donors (Lipinski definition) is 1. The second-order valence-corrected chi connectivity index (χ2v) is 13.0. The van der Waals surface area contributed by atoms with E-state index >= 15 is 0 Å². The molecule has 2 aliphatic heterocycles. The first-order valence-corrected chi connectivity index (χ1v) is 16.3. The Kier molecular flexibility index (Phi) is 11.1. The summed E-state index contributed by atoms with van der Waals surface area (Å²) in [7, 11) is -3.28. The predicted molar refractivity (Wildman–Crippen MR) is 162 cm³/mol. The number of nitrogens with one attached hydrogen (secondary N) is 1. The number of esters is 1. The minimum Gasteiger partial charge on any atom is -0.464 e. The van der Waals surface area contributed by atoms with Crippen LogP contribution in [0.4, 0.5) is 13.2 Å². The number of fused-ring (bicyclic) bond motifs is 1. The highest BCUT2D eigenvalue weighted by atomic mass is 32.2. The molecule has 2 aliphatic rings. The molecule has 2 aromatic carbocycles. The lowest BCUT2D eigenvalue weighted by atomic mass is 9.93. The molecule has 1 N–H and O–H groups in total. The van der Waals surface area contributed by atoms with Gasteiger partial charge in [0, 0.05) is 20.2 Å². The Morgan fingerprint density at radius 2 is 1.89 bits per heavy atom. The monoisotopic (exact) mass is 676 g/mol. The number of sulfonamides is 1. The van der Waals surface area contributed by atoms with Gasteiger partial charge in [-0.3, -0.25) is 9.59 Å². The molecule has 0 radical (unpaired) electrons. The summed E-state index contributed by atoms with van der Waals surface area (Å²) in [4.78, 5) is 40.7. The van der Waals surface area contributed by atoms with Crippen molar-refractivity contribution in [3.8, 4) is 6.07 Å². The molecular formula is C32H35F3N4O7S. The highest BCUT2D eigenvalue weighted by Crippen LogP contribution is 2.35. The van der Waals surface area contributed by atoms with Crippen LogP contribution < -0.4 is 4.72 Å². The van der Waals surface area contributed by atoms with Crippen LogP contribution in [0, 0.1) is 11.3 Å². The average molecular weight is 677 g/mol. The van der Waals surface area contributed by atoms with E-state index in [-0.39, 0.29) is 61.6 Å². The normalized spacial score (nSPS) is 18.9. The molecule has 1 unspecified atom stereocenters. The first-order chi connectivity index (χ1) is 22.2. The molecule has 0 saturated heterocycles. The van der Waals surface area contributed by atoms with E-state index < -0.39 is 52.1 Å². The van der Waals surface area contributed by atoms with E-state index in [9.17, 15) is 41.2 Å². The van der Waals surface area contributed by atoms with Crippen molar-refractivity contribution in [3.05, 3.63) is 76.4 Å². The first-order valence-electron chi connectivity index (χ1n) is 14.8. The summed E-state index contributed by atoms with van der Waals surface area (Å²) >= 11 is 0. The molecular weight excluding hydrogens is 641 g/mol. The number of alkyl halides is 3. The number of nitrogens with zero attached hydrogens (tertiary/aromatic N) is 3. The lowest BCUT2D eigenvalue weighted by Gasteiger charge is -2.37. The Morgan fingerprint density at radius 1 is 1.15 bits per heavy atom. The van der Waals surface area contributed by atoms with Crippen LogP contribution in [-0.4, -0.2) is 87.7 Å². The number of carbonyl (C=O) groups is 3. The molecule has 0 aromatic heterocycles. The second kappa shape index (κ2) is 14.7. The summed E-state index contributed by atoms with van der Waals surface area (Å²) in [6.07, 6.45) is -3.34. The van der Waals surface area contributed by atoms with Crippen LogP contribution in [0.3, 0.4) is 0 Å². The van der Waals surface area contributed by atoms with Gasteiger partial charge in [-0.05, 0) is 74.1 Å². The number of halogens is 3. The fourth-order valence-electron chi connectivity index (χ4n) is 5.80. The number of nitriles is 1. The maximum atomic E-state index is 14.1. The molecule has 0 spiro atoms. The van der Waals surface area contributed by atoms with Gasteiger partial charge in [-0.2, -0.15) is 23.2 Å². The summed E-state index contributed by atoms with van der Waals surface area (Å²) in [5.41, 5.74) is 2.32. The molecule has 47 heavy (non-hydrogen) atoms. The summed E-state index contributed by atoms with van der Waals surface area (Å²) < 4.78 is 80.8. The van der Waals surface area contributed by atoms with Gasteiger partial charge in [-0.1, -0.05) is 29.8 Å². The Bertz CT molecular complexity index is 1700. The van der Waals surface area contributed by atoms with E-state index in [1.165, 1.54) is 36.3 Å². The molecule has 2 aromatic rings. The van der Waals surface area contributed by atoms with E-state index in [0.717, 1.165) is 5.57 Å². The van der Waals surface area contributed by atoms with Gasteiger partial charge in [-0.15, -0.1) is 0 Å². The molecule has 11 nitrogen and oxygen atoms in total. The topological polar surface area (TPSA) is 146 Å². The van der Waals surface area contributed by atoms with Crippen molar-refractivity contribution in [2.24, 2.45) is 0 Å². The zero-order valence-electron chi connectivity index (χ0n) is 26.0. The van der Waals surface area contributed by atoms with Gasteiger partial charge in [0.05, 0.1) is 35.8 Å². The van der Waals surface area contributed by atoms with Gasteiger partial charge in [-0.25, -0.2) is 13.2 Å². The molecule has 15 heteroatoms. The van der Waals surface area contributed by atoms with E-state index in [0.29, 0.717) is 16.0 Å². The number of hydrogen-bond acceptors (Lipinski definition) is 8. The highest BCUT2D eigenvalue weighted by Gasteiger charge is 2.46. The number of amides is 2. The Balaban J connectivity index is 1.72. The van der Waals surface area contributed by atoms with Crippen molar-refractivity contribution >= 4 is 27.8 Å². The van der Waals surface area contributed by atoms with Gasteiger partial charge >= 0.3 is 18.1 Å². The van der Waals surface area contributed by atoms with E-state index in [1.54, 1.807) is 38.1 Å². The van der Waals surface area contributed by atoms with Crippen LogP contribution in [0.5, 0.6) is 0 Å². The third-order valence-corrected chi connectivity index (χ3v) is 9.54. The summed E-state index contributed by atoms with van der Waals surface area (Å²) in [6.45, 7) is 2.96. The highest BCUT2D eigenvalue weighted by molar-refractivity contribution is 7.89. The smallest absolute Gasteiger partial charge is 0.464 e. The third-order valence-electron chi connectivity index (χ3n) is 8.07. The average Bonchev–Trinajstić information content (AvgIpc) is 3.03. The van der Waals surface area contributed by atoms with Gasteiger partial charge in [0.2, 0.25) is 15.9 Å². The molecule has 0 aliphatic carbocycles. The first kappa shape index (κ1) is 35.6. The molecule has 4 rings (SSSR count). The van der Waals surface area contributed by atoms with E-state index in [1.807, 2.05) is 6.07 Å². The lowest BCUT2D eigenvalue weighted by Crippen LogP contribution is -2.56. The van der Waals surface area contributed by atoms with Gasteiger partial charge in [0.15, 0.2) is 0 Å². The zero-order valence-corrected chi connectivity index (χ0v) is 26.9. The quantitative estimate of drug-likeness (QED) is 0.298. The molecule has 0 fully saturated rings. The fourth-order valence-corrected chi connectivity index (χ4v) is 7.02. The SMILES string of the molecule is CCOC(=O)[C@H]1CC(C)=CCN1C(=O)[C@H](Cc1cccc(C#N)c1)NS(=O)(=O)c1ccc2c(c1)C(COC)N(C(=O)C(F)(F)F)CC2. The number of ether oxygens (including phenoxy) is 2. The predicted octanol–water partition coefficient (Wildman–Crippen LogP) is 3.19. The van der Waals surface area contributed by atoms with Gasteiger partial charge in [0.25, 0.3) is 0 Å². The Morgan fingerprint density at radius 3 is 2.55 bits per heavy atom. The Labute approximate surface area is 271 Å². The van der Waals surface area contributed by atoms with Gasteiger partial charge < -0.3 is 19.3 Å². The maximum absolute atomic E-state index is 14.1. The zero-order chi connectivity index (χ0) is 34.5. The van der Waals surface area contributed by atoms with Crippen LogP contribution in [0.25, 0.3) is 0 Å². The number of carbonyl (C=O) groups excluding carboxylic acids is 3. The van der Waals surface area contributed by atoms with Crippen LogP contribution in [0.1, 0.15) is 48.6 Å².